The summed E-state index contributed by atoms with van der Waals surface area (Å²) < 4.78 is 79.0. The summed E-state index contributed by atoms with van der Waals surface area (Å²) in [4.78, 5) is 23.4. The van der Waals surface area contributed by atoms with Crippen molar-refractivity contribution in [3.05, 3.63) is 58.7 Å². The second-order valence-electron chi connectivity index (χ2n) is 5.99. The normalized spacial score (nSPS) is 12.5. The van der Waals surface area contributed by atoms with Gasteiger partial charge in [-0.15, -0.1) is 5.10 Å². The SMILES string of the molecule is O=C(NNc1cnccn1)/C(Br)=C/n1cnc(-c2cc(C(F)(F)F)cc(C(F)(F)F)c2)n1. The van der Waals surface area contributed by atoms with Gasteiger partial charge in [0, 0.05) is 18.0 Å². The van der Waals surface area contributed by atoms with Crippen LogP contribution in [0.15, 0.2) is 47.6 Å². The second kappa shape index (κ2) is 8.94. The van der Waals surface area contributed by atoms with Crippen molar-refractivity contribution in [2.45, 2.75) is 12.4 Å². The van der Waals surface area contributed by atoms with Gasteiger partial charge in [0.15, 0.2) is 11.6 Å². The average Bonchev–Trinajstić information content (AvgIpc) is 3.19. The van der Waals surface area contributed by atoms with E-state index in [-0.39, 0.29) is 16.4 Å². The number of halogens is 7. The van der Waals surface area contributed by atoms with Crippen molar-refractivity contribution in [2.24, 2.45) is 0 Å². The summed E-state index contributed by atoms with van der Waals surface area (Å²) >= 11 is 2.98. The van der Waals surface area contributed by atoms with E-state index in [4.69, 9.17) is 0 Å². The third kappa shape index (κ3) is 5.81. The Kier molecular flexibility index (Phi) is 6.47. The first-order valence-corrected chi connectivity index (χ1v) is 9.13. The molecule has 0 radical (unpaired) electrons. The first kappa shape index (κ1) is 23.2. The summed E-state index contributed by atoms with van der Waals surface area (Å²) in [5.41, 5.74) is 1.28. The summed E-state index contributed by atoms with van der Waals surface area (Å²) in [7, 11) is 0. The molecule has 0 aliphatic rings. The Bertz CT molecular complexity index is 1110. The van der Waals surface area contributed by atoms with Crippen molar-refractivity contribution in [3.63, 3.8) is 0 Å². The molecule has 8 nitrogen and oxygen atoms in total. The quantitative estimate of drug-likeness (QED) is 0.298. The molecule has 1 amide bonds. The van der Waals surface area contributed by atoms with E-state index in [1.165, 1.54) is 18.6 Å². The first-order chi connectivity index (χ1) is 14.9. The monoisotopic (exact) mass is 521 g/mol. The molecular weight excluding hydrogens is 512 g/mol. The number of anilines is 1. The number of hydrogen-bond acceptors (Lipinski definition) is 6. The maximum Gasteiger partial charge on any atom is 0.416 e. The molecular formula is C17H10BrF6N7O. The Morgan fingerprint density at radius 1 is 1.00 bits per heavy atom. The largest absolute Gasteiger partial charge is 0.416 e. The minimum Gasteiger partial charge on any atom is -0.280 e. The van der Waals surface area contributed by atoms with Crippen LogP contribution in [0.3, 0.4) is 0 Å². The fourth-order valence-corrected chi connectivity index (χ4v) is 2.58. The molecule has 168 valence electrons. The van der Waals surface area contributed by atoms with Gasteiger partial charge in [-0.2, -0.15) is 26.3 Å². The summed E-state index contributed by atoms with van der Waals surface area (Å²) in [5.74, 6) is -0.850. The van der Waals surface area contributed by atoms with Crippen LogP contribution in [-0.4, -0.2) is 30.6 Å². The van der Waals surface area contributed by atoms with Crippen molar-refractivity contribution in [3.8, 4) is 11.4 Å². The highest BCUT2D eigenvalue weighted by Gasteiger charge is 2.37. The lowest BCUT2D eigenvalue weighted by Gasteiger charge is -2.13. The molecule has 32 heavy (non-hydrogen) atoms. The van der Waals surface area contributed by atoms with Crippen LogP contribution in [0.2, 0.25) is 0 Å². The van der Waals surface area contributed by atoms with Gasteiger partial charge in [-0.25, -0.2) is 14.6 Å². The van der Waals surface area contributed by atoms with Crippen molar-refractivity contribution < 1.29 is 31.1 Å². The van der Waals surface area contributed by atoms with Gasteiger partial charge in [-0.3, -0.25) is 20.6 Å². The fourth-order valence-electron chi connectivity index (χ4n) is 2.27. The minimum absolute atomic E-state index is 0.00539. The van der Waals surface area contributed by atoms with Gasteiger partial charge >= 0.3 is 12.4 Å². The van der Waals surface area contributed by atoms with Gasteiger partial charge < -0.3 is 0 Å². The van der Waals surface area contributed by atoms with Gasteiger partial charge in [0.1, 0.15) is 10.8 Å². The lowest BCUT2D eigenvalue weighted by Crippen LogP contribution is -2.29. The summed E-state index contributed by atoms with van der Waals surface area (Å²) in [6.45, 7) is 0. The summed E-state index contributed by atoms with van der Waals surface area (Å²) in [5, 5.41) is 3.81. The highest BCUT2D eigenvalue weighted by atomic mass is 79.9. The minimum atomic E-state index is -5.00. The van der Waals surface area contributed by atoms with Crippen LogP contribution in [0.25, 0.3) is 17.6 Å². The molecule has 3 aromatic rings. The molecule has 0 saturated heterocycles. The highest BCUT2D eigenvalue weighted by Crippen LogP contribution is 2.38. The number of benzene rings is 1. The van der Waals surface area contributed by atoms with Gasteiger partial charge in [0.2, 0.25) is 0 Å². The molecule has 3 rings (SSSR count). The number of aromatic nitrogens is 5. The van der Waals surface area contributed by atoms with E-state index in [0.717, 1.165) is 17.2 Å². The van der Waals surface area contributed by atoms with E-state index in [1.807, 2.05) is 0 Å². The van der Waals surface area contributed by atoms with E-state index in [1.54, 1.807) is 0 Å². The Labute approximate surface area is 183 Å². The molecule has 0 unspecified atom stereocenters. The predicted molar refractivity (Wildman–Crippen MR) is 102 cm³/mol. The van der Waals surface area contributed by atoms with Crippen molar-refractivity contribution in [1.29, 1.82) is 0 Å². The molecule has 2 heterocycles. The maximum atomic E-state index is 13.0. The van der Waals surface area contributed by atoms with Crippen LogP contribution in [0, 0.1) is 0 Å². The van der Waals surface area contributed by atoms with Crippen LogP contribution in [0.1, 0.15) is 11.1 Å². The highest BCUT2D eigenvalue weighted by molar-refractivity contribution is 9.12. The number of hydrazine groups is 1. The Morgan fingerprint density at radius 2 is 1.66 bits per heavy atom. The molecule has 0 aliphatic heterocycles. The molecule has 0 atom stereocenters. The topological polar surface area (TPSA) is 97.6 Å². The van der Waals surface area contributed by atoms with E-state index in [0.29, 0.717) is 12.1 Å². The molecule has 0 bridgehead atoms. The van der Waals surface area contributed by atoms with E-state index in [2.05, 4.69) is 46.8 Å². The predicted octanol–water partition coefficient (Wildman–Crippen LogP) is 4.11. The Morgan fingerprint density at radius 3 is 2.22 bits per heavy atom. The van der Waals surface area contributed by atoms with Crippen molar-refractivity contribution in [2.75, 3.05) is 5.43 Å². The van der Waals surface area contributed by atoms with Crippen LogP contribution < -0.4 is 10.9 Å². The van der Waals surface area contributed by atoms with E-state index < -0.39 is 40.8 Å². The third-order valence-electron chi connectivity index (χ3n) is 3.68. The molecule has 0 aliphatic carbocycles. The van der Waals surface area contributed by atoms with Gasteiger partial charge in [-0.1, -0.05) is 0 Å². The molecule has 0 spiro atoms. The van der Waals surface area contributed by atoms with Crippen LogP contribution in [-0.2, 0) is 17.1 Å². The van der Waals surface area contributed by atoms with Crippen LogP contribution >= 0.6 is 15.9 Å². The molecule has 2 aromatic heterocycles. The number of nitrogens with zero attached hydrogens (tertiary/aromatic N) is 5. The summed E-state index contributed by atoms with van der Waals surface area (Å²) in [6.07, 6.45) is -3.76. The van der Waals surface area contributed by atoms with E-state index in [9.17, 15) is 31.1 Å². The van der Waals surface area contributed by atoms with Gasteiger partial charge in [0.25, 0.3) is 5.91 Å². The lowest BCUT2D eigenvalue weighted by molar-refractivity contribution is -0.143. The summed E-state index contributed by atoms with van der Waals surface area (Å²) in [6, 6.07) is 1.02. The molecule has 15 heteroatoms. The average molecular weight is 522 g/mol. The number of alkyl halides is 6. The maximum absolute atomic E-state index is 13.0. The number of carbonyl (C=O) groups is 1. The van der Waals surface area contributed by atoms with E-state index >= 15 is 0 Å². The lowest BCUT2D eigenvalue weighted by atomic mass is 10.0. The molecule has 1 aromatic carbocycles. The molecule has 0 saturated carbocycles. The zero-order valence-corrected chi connectivity index (χ0v) is 17.0. The number of nitrogens with one attached hydrogen (secondary N) is 2. The number of hydrogen-bond donors (Lipinski definition) is 2. The van der Waals surface area contributed by atoms with Crippen molar-refractivity contribution in [1.82, 2.24) is 30.2 Å². The Balaban J connectivity index is 1.82. The van der Waals surface area contributed by atoms with Crippen molar-refractivity contribution >= 4 is 33.9 Å². The Hall–Kier alpha value is -3.49. The van der Waals surface area contributed by atoms with Crippen LogP contribution in [0.4, 0.5) is 32.2 Å². The van der Waals surface area contributed by atoms with Gasteiger partial charge in [-0.05, 0) is 34.1 Å². The molecule has 0 fully saturated rings. The number of rotatable bonds is 5. The molecule has 2 N–H and O–H groups in total. The smallest absolute Gasteiger partial charge is 0.280 e. The zero-order chi connectivity index (χ0) is 23.5. The number of carbonyl (C=O) groups excluding carboxylic acids is 1. The second-order valence-corrected chi connectivity index (χ2v) is 6.84. The fraction of sp³-hybridized carbons (Fsp3) is 0.118. The van der Waals surface area contributed by atoms with Gasteiger partial charge in [0.05, 0.1) is 23.5 Å². The standard InChI is InChI=1S/C17H10BrF6N7O/c18-12(15(32)29-28-13-6-25-1-2-26-13)7-31-8-27-14(30-31)9-3-10(16(19,20)21)5-11(4-9)17(22,23)24/h1-8H,(H,26,28)(H,29,32)/b12-7-. The third-order valence-corrected chi connectivity index (χ3v) is 4.25. The zero-order valence-electron chi connectivity index (χ0n) is 15.4. The first-order valence-electron chi connectivity index (χ1n) is 8.34. The van der Waals surface area contributed by atoms with Crippen LogP contribution in [0.5, 0.6) is 0 Å². The number of amides is 1.